The van der Waals surface area contributed by atoms with Crippen LogP contribution in [0.15, 0.2) is 18.2 Å². The van der Waals surface area contributed by atoms with Crippen LogP contribution in [-0.4, -0.2) is 46.1 Å². The normalized spacial score (nSPS) is 13.3. The maximum Gasteiger partial charge on any atom is 0.322 e. The summed E-state index contributed by atoms with van der Waals surface area (Å²) in [5, 5.41) is 0. The van der Waals surface area contributed by atoms with Gasteiger partial charge in [-0.2, -0.15) is 0 Å². The van der Waals surface area contributed by atoms with Gasteiger partial charge in [-0.1, -0.05) is 19.9 Å². The number of hydrogen-bond donors (Lipinski definition) is 1. The molecule has 2 atom stereocenters. The average Bonchev–Trinajstić information content (AvgIpc) is 2.64. The molecule has 0 fully saturated rings. The first-order chi connectivity index (χ1) is 12.9. The lowest BCUT2D eigenvalue weighted by atomic mass is 9.84. The van der Waals surface area contributed by atoms with Crippen molar-refractivity contribution in [1.82, 2.24) is 0 Å². The second-order valence-corrected chi connectivity index (χ2v) is 6.98. The van der Waals surface area contributed by atoms with E-state index in [2.05, 4.69) is 13.8 Å². The zero-order valence-electron chi connectivity index (χ0n) is 17.3. The van der Waals surface area contributed by atoms with Gasteiger partial charge in [-0.3, -0.25) is 4.79 Å². The maximum absolute atomic E-state index is 11.9. The topological polar surface area (TPSA) is 80.0 Å². The van der Waals surface area contributed by atoms with Gasteiger partial charge in [-0.15, -0.1) is 0 Å². The van der Waals surface area contributed by atoms with Crippen LogP contribution in [0.4, 0.5) is 0 Å². The summed E-state index contributed by atoms with van der Waals surface area (Å²) < 4.78 is 21.3. The zero-order chi connectivity index (χ0) is 20.2. The van der Waals surface area contributed by atoms with Crippen molar-refractivity contribution >= 4 is 5.97 Å². The smallest absolute Gasteiger partial charge is 0.322 e. The van der Waals surface area contributed by atoms with Crippen molar-refractivity contribution in [2.45, 2.75) is 46.1 Å². The Labute approximate surface area is 163 Å². The van der Waals surface area contributed by atoms with Crippen LogP contribution in [0.3, 0.4) is 0 Å². The molecule has 0 heterocycles. The Bertz CT molecular complexity index is 562. The molecule has 0 aliphatic carbocycles. The molecule has 0 radical (unpaired) electrons. The van der Waals surface area contributed by atoms with Gasteiger partial charge in [0.2, 0.25) is 0 Å². The SMILES string of the molecule is CCOC(=O)C(N)CC(Cc1ccc(OC)c(OCCCOC)c1)C(C)C. The van der Waals surface area contributed by atoms with Crippen molar-refractivity contribution in [2.24, 2.45) is 17.6 Å². The van der Waals surface area contributed by atoms with Crippen molar-refractivity contribution < 1.29 is 23.7 Å². The van der Waals surface area contributed by atoms with Gasteiger partial charge in [0.15, 0.2) is 11.5 Å². The fourth-order valence-corrected chi connectivity index (χ4v) is 2.91. The van der Waals surface area contributed by atoms with Crippen LogP contribution in [0.1, 0.15) is 39.2 Å². The molecule has 0 saturated carbocycles. The Balaban J connectivity index is 2.81. The first kappa shape index (κ1) is 23.2. The molecule has 0 spiro atoms. The molecule has 0 aliphatic heterocycles. The highest BCUT2D eigenvalue weighted by Gasteiger charge is 2.23. The predicted molar refractivity (Wildman–Crippen MR) is 106 cm³/mol. The summed E-state index contributed by atoms with van der Waals surface area (Å²) in [5.74, 6) is 1.75. The minimum atomic E-state index is -0.597. The third kappa shape index (κ3) is 8.18. The summed E-state index contributed by atoms with van der Waals surface area (Å²) >= 11 is 0. The Hall–Kier alpha value is -1.79. The lowest BCUT2D eigenvalue weighted by molar-refractivity contribution is -0.145. The number of rotatable bonds is 13. The summed E-state index contributed by atoms with van der Waals surface area (Å²) in [6.45, 7) is 7.65. The van der Waals surface area contributed by atoms with Crippen LogP contribution in [0.5, 0.6) is 11.5 Å². The maximum atomic E-state index is 11.9. The predicted octanol–water partition coefficient (Wildman–Crippen LogP) is 3.21. The highest BCUT2D eigenvalue weighted by atomic mass is 16.5. The van der Waals surface area contributed by atoms with Gasteiger partial charge < -0.3 is 24.7 Å². The van der Waals surface area contributed by atoms with E-state index in [-0.39, 0.29) is 11.9 Å². The van der Waals surface area contributed by atoms with Gasteiger partial charge >= 0.3 is 5.97 Å². The molecule has 0 bridgehead atoms. The average molecular weight is 382 g/mol. The van der Waals surface area contributed by atoms with E-state index in [1.165, 1.54) is 0 Å². The van der Waals surface area contributed by atoms with Gasteiger partial charge in [0, 0.05) is 20.1 Å². The largest absolute Gasteiger partial charge is 0.493 e. The Morgan fingerprint density at radius 2 is 1.89 bits per heavy atom. The zero-order valence-corrected chi connectivity index (χ0v) is 17.3. The van der Waals surface area contributed by atoms with E-state index in [1.54, 1.807) is 21.1 Å². The molecule has 0 saturated heterocycles. The lowest BCUT2D eigenvalue weighted by Gasteiger charge is -2.24. The number of carbonyl (C=O) groups excluding carboxylic acids is 1. The first-order valence-corrected chi connectivity index (χ1v) is 9.63. The van der Waals surface area contributed by atoms with Crippen LogP contribution in [0.2, 0.25) is 0 Å². The minimum absolute atomic E-state index is 0.263. The van der Waals surface area contributed by atoms with Gasteiger partial charge in [0.25, 0.3) is 0 Å². The van der Waals surface area contributed by atoms with E-state index in [1.807, 2.05) is 18.2 Å². The molecule has 0 aromatic heterocycles. The van der Waals surface area contributed by atoms with E-state index in [0.29, 0.717) is 37.9 Å². The Morgan fingerprint density at radius 3 is 2.48 bits per heavy atom. The number of hydrogen-bond acceptors (Lipinski definition) is 6. The van der Waals surface area contributed by atoms with Crippen molar-refractivity contribution in [3.8, 4) is 11.5 Å². The molecule has 0 aliphatic rings. The molecule has 27 heavy (non-hydrogen) atoms. The molecule has 2 unspecified atom stereocenters. The molecule has 1 aromatic carbocycles. The van der Waals surface area contributed by atoms with Crippen LogP contribution in [-0.2, 0) is 20.7 Å². The van der Waals surface area contributed by atoms with E-state index in [9.17, 15) is 4.79 Å². The highest BCUT2D eigenvalue weighted by molar-refractivity contribution is 5.75. The molecule has 1 rings (SSSR count). The third-order valence-corrected chi connectivity index (χ3v) is 4.57. The van der Waals surface area contributed by atoms with E-state index in [4.69, 9.17) is 24.7 Å². The second kappa shape index (κ2) is 12.6. The number of methoxy groups -OCH3 is 2. The molecule has 154 valence electrons. The molecular weight excluding hydrogens is 346 g/mol. The van der Waals surface area contributed by atoms with Crippen molar-refractivity contribution in [3.63, 3.8) is 0 Å². The summed E-state index contributed by atoms with van der Waals surface area (Å²) in [5.41, 5.74) is 7.17. The van der Waals surface area contributed by atoms with Crippen molar-refractivity contribution in [3.05, 3.63) is 23.8 Å². The minimum Gasteiger partial charge on any atom is -0.493 e. The van der Waals surface area contributed by atoms with E-state index in [0.717, 1.165) is 24.2 Å². The van der Waals surface area contributed by atoms with Gasteiger partial charge in [-0.05, 0) is 49.3 Å². The lowest BCUT2D eigenvalue weighted by Crippen LogP contribution is -2.35. The summed E-state index contributed by atoms with van der Waals surface area (Å²) in [6, 6.07) is 5.37. The molecular formula is C21H35NO5. The van der Waals surface area contributed by atoms with Crippen molar-refractivity contribution in [2.75, 3.05) is 34.0 Å². The first-order valence-electron chi connectivity index (χ1n) is 9.63. The number of esters is 1. The Kier molecular flexibility index (Phi) is 10.8. The second-order valence-electron chi connectivity index (χ2n) is 6.98. The van der Waals surface area contributed by atoms with Crippen LogP contribution in [0.25, 0.3) is 0 Å². The van der Waals surface area contributed by atoms with Gasteiger partial charge in [0.05, 0.1) is 20.3 Å². The molecule has 0 amide bonds. The summed E-state index contributed by atoms with van der Waals surface area (Å²) in [4.78, 5) is 11.9. The van der Waals surface area contributed by atoms with E-state index < -0.39 is 6.04 Å². The number of benzene rings is 1. The Morgan fingerprint density at radius 1 is 1.15 bits per heavy atom. The fraction of sp³-hybridized carbons (Fsp3) is 0.667. The highest BCUT2D eigenvalue weighted by Crippen LogP contribution is 2.31. The quantitative estimate of drug-likeness (QED) is 0.417. The van der Waals surface area contributed by atoms with Crippen LogP contribution < -0.4 is 15.2 Å². The molecule has 1 aromatic rings. The fourth-order valence-electron chi connectivity index (χ4n) is 2.91. The standard InChI is InChI=1S/C21H35NO5/c1-6-26-21(23)18(22)14-17(15(2)3)12-16-8-9-19(25-5)20(13-16)27-11-7-10-24-4/h8-9,13,15,17-18H,6-7,10-12,14,22H2,1-5H3. The monoisotopic (exact) mass is 381 g/mol. The van der Waals surface area contributed by atoms with E-state index >= 15 is 0 Å². The molecule has 2 N–H and O–H groups in total. The summed E-state index contributed by atoms with van der Waals surface area (Å²) in [7, 11) is 3.31. The molecule has 6 heteroatoms. The van der Waals surface area contributed by atoms with Crippen LogP contribution >= 0.6 is 0 Å². The van der Waals surface area contributed by atoms with Gasteiger partial charge in [-0.25, -0.2) is 0 Å². The number of carbonyl (C=O) groups is 1. The number of nitrogens with two attached hydrogens (primary N) is 1. The van der Waals surface area contributed by atoms with Crippen LogP contribution in [0, 0.1) is 11.8 Å². The molecule has 6 nitrogen and oxygen atoms in total. The summed E-state index contributed by atoms with van der Waals surface area (Å²) in [6.07, 6.45) is 2.21. The third-order valence-electron chi connectivity index (χ3n) is 4.57. The van der Waals surface area contributed by atoms with Gasteiger partial charge in [0.1, 0.15) is 6.04 Å². The van der Waals surface area contributed by atoms with Crippen molar-refractivity contribution in [1.29, 1.82) is 0 Å². The number of ether oxygens (including phenoxy) is 4.